The van der Waals surface area contributed by atoms with Crippen molar-refractivity contribution in [1.82, 2.24) is 10.6 Å². The quantitative estimate of drug-likeness (QED) is 0.389. The van der Waals surface area contributed by atoms with Crippen molar-refractivity contribution >= 4 is 22.3 Å². The minimum Gasteiger partial charge on any atom is -0.450 e. The maximum absolute atomic E-state index is 11.8. The van der Waals surface area contributed by atoms with Gasteiger partial charge in [0.25, 0.3) is 10.1 Å². The molecule has 0 aromatic rings. The van der Waals surface area contributed by atoms with Gasteiger partial charge in [0.05, 0.1) is 6.61 Å². The molecule has 0 aliphatic rings. The minimum atomic E-state index is -4.18. The Kier molecular flexibility index (Phi) is 9.20. The Balaban J connectivity index is 4.41. The van der Waals surface area contributed by atoms with E-state index in [0.29, 0.717) is 13.0 Å². The predicted molar refractivity (Wildman–Crippen MR) is 93.1 cm³/mol. The van der Waals surface area contributed by atoms with E-state index in [4.69, 9.17) is 14.0 Å². The number of ether oxygens (including phenoxy) is 2. The number of amides is 2. The Hall–Kier alpha value is -1.55. The van der Waals surface area contributed by atoms with E-state index in [9.17, 15) is 18.0 Å². The standard InChI is InChI=1S/C15H30N2O7S/c1-6-7-8-23-12(18)16-14(2,3)11-15(4,5)17-13(19)24-9-10-25(20,21)22/h6-11H2,1-5H3,(H,16,18)(H,17,19)(H,20,21,22). The molecule has 10 heteroatoms. The van der Waals surface area contributed by atoms with Crippen LogP contribution in [0, 0.1) is 0 Å². The smallest absolute Gasteiger partial charge is 0.407 e. The first-order chi connectivity index (χ1) is 11.3. The molecule has 0 spiro atoms. The lowest BCUT2D eigenvalue weighted by molar-refractivity contribution is 0.123. The summed E-state index contributed by atoms with van der Waals surface area (Å²) < 4.78 is 39.5. The molecule has 0 saturated carbocycles. The molecule has 9 nitrogen and oxygen atoms in total. The van der Waals surface area contributed by atoms with Gasteiger partial charge in [0.1, 0.15) is 12.4 Å². The van der Waals surface area contributed by atoms with Crippen LogP contribution in [0.4, 0.5) is 9.59 Å². The van der Waals surface area contributed by atoms with Crippen molar-refractivity contribution in [1.29, 1.82) is 0 Å². The number of rotatable bonds is 10. The van der Waals surface area contributed by atoms with Gasteiger partial charge >= 0.3 is 12.2 Å². The molecule has 0 bridgehead atoms. The molecule has 0 aliphatic carbocycles. The molecule has 0 aromatic carbocycles. The zero-order chi connectivity index (χ0) is 19.7. The van der Waals surface area contributed by atoms with Crippen molar-refractivity contribution in [3.63, 3.8) is 0 Å². The molecule has 0 unspecified atom stereocenters. The maximum atomic E-state index is 11.8. The van der Waals surface area contributed by atoms with Crippen molar-refractivity contribution in [3.8, 4) is 0 Å². The van der Waals surface area contributed by atoms with E-state index in [0.717, 1.165) is 12.8 Å². The highest BCUT2D eigenvalue weighted by Gasteiger charge is 2.32. The lowest BCUT2D eigenvalue weighted by atomic mass is 9.87. The molecule has 0 fully saturated rings. The van der Waals surface area contributed by atoms with E-state index in [1.54, 1.807) is 27.7 Å². The van der Waals surface area contributed by atoms with Crippen molar-refractivity contribution in [2.24, 2.45) is 0 Å². The van der Waals surface area contributed by atoms with Crippen LogP contribution >= 0.6 is 0 Å². The Labute approximate surface area is 149 Å². The molecule has 25 heavy (non-hydrogen) atoms. The highest BCUT2D eigenvalue weighted by Crippen LogP contribution is 2.20. The van der Waals surface area contributed by atoms with Gasteiger partial charge in [0, 0.05) is 11.1 Å². The third-order valence-corrected chi connectivity index (χ3v) is 3.75. The summed E-state index contributed by atoms with van der Waals surface area (Å²) in [5.74, 6) is -0.669. The first-order valence-electron chi connectivity index (χ1n) is 8.11. The first kappa shape index (κ1) is 23.4. The molecule has 0 atom stereocenters. The zero-order valence-electron chi connectivity index (χ0n) is 15.5. The zero-order valence-corrected chi connectivity index (χ0v) is 16.4. The second-order valence-electron chi connectivity index (χ2n) is 7.11. The molecule has 0 saturated heterocycles. The van der Waals surface area contributed by atoms with E-state index < -0.39 is 45.7 Å². The van der Waals surface area contributed by atoms with Gasteiger partial charge in [0.2, 0.25) is 0 Å². The highest BCUT2D eigenvalue weighted by atomic mass is 32.2. The Bertz CT molecular complexity index is 544. The molecular weight excluding hydrogens is 352 g/mol. The van der Waals surface area contributed by atoms with Crippen LogP contribution < -0.4 is 10.6 Å². The number of carbonyl (C=O) groups is 2. The fourth-order valence-electron chi connectivity index (χ4n) is 2.37. The summed E-state index contributed by atoms with van der Waals surface area (Å²) in [5, 5.41) is 5.34. The van der Waals surface area contributed by atoms with Gasteiger partial charge < -0.3 is 20.1 Å². The number of alkyl carbamates (subject to hydrolysis) is 2. The molecule has 0 aromatic heterocycles. The Morgan fingerprint density at radius 2 is 1.40 bits per heavy atom. The summed E-state index contributed by atoms with van der Waals surface area (Å²) >= 11 is 0. The first-order valence-corrected chi connectivity index (χ1v) is 9.72. The Morgan fingerprint density at radius 1 is 0.960 bits per heavy atom. The van der Waals surface area contributed by atoms with Crippen molar-refractivity contribution in [2.45, 2.75) is 65.0 Å². The lowest BCUT2D eigenvalue weighted by Crippen LogP contribution is -2.54. The van der Waals surface area contributed by atoms with E-state index in [-0.39, 0.29) is 0 Å². The van der Waals surface area contributed by atoms with Gasteiger partial charge in [-0.15, -0.1) is 0 Å². The normalized spacial score (nSPS) is 12.4. The van der Waals surface area contributed by atoms with Crippen LogP contribution in [0.25, 0.3) is 0 Å². The molecule has 3 N–H and O–H groups in total. The molecule has 0 aliphatic heterocycles. The molecule has 2 amide bonds. The fourth-order valence-corrected chi connectivity index (χ4v) is 2.66. The summed E-state index contributed by atoms with van der Waals surface area (Å²) in [4.78, 5) is 23.5. The Morgan fingerprint density at radius 3 is 1.80 bits per heavy atom. The van der Waals surface area contributed by atoms with Crippen molar-refractivity contribution < 1.29 is 32.0 Å². The van der Waals surface area contributed by atoms with Crippen LogP contribution in [0.15, 0.2) is 0 Å². The molecule has 0 rings (SSSR count). The largest absolute Gasteiger partial charge is 0.450 e. The second-order valence-corrected chi connectivity index (χ2v) is 8.68. The SMILES string of the molecule is CCCCOC(=O)NC(C)(C)CC(C)(C)NC(=O)OCCS(=O)(=O)O. The van der Waals surface area contributed by atoms with Gasteiger partial charge in [0.15, 0.2) is 0 Å². The van der Waals surface area contributed by atoms with E-state index >= 15 is 0 Å². The van der Waals surface area contributed by atoms with Crippen molar-refractivity contribution in [2.75, 3.05) is 19.0 Å². The third-order valence-electron chi connectivity index (χ3n) is 3.07. The second kappa shape index (κ2) is 9.81. The van der Waals surface area contributed by atoms with Crippen LogP contribution in [-0.2, 0) is 19.6 Å². The number of hydrogen-bond acceptors (Lipinski definition) is 6. The van der Waals surface area contributed by atoms with Crippen LogP contribution in [0.1, 0.15) is 53.9 Å². The predicted octanol–water partition coefficient (Wildman–Crippen LogP) is 2.07. The van der Waals surface area contributed by atoms with Gasteiger partial charge in [-0.05, 0) is 40.5 Å². The van der Waals surface area contributed by atoms with Crippen LogP contribution in [0.5, 0.6) is 0 Å². The highest BCUT2D eigenvalue weighted by molar-refractivity contribution is 7.85. The average Bonchev–Trinajstić information content (AvgIpc) is 2.33. The van der Waals surface area contributed by atoms with E-state index in [1.165, 1.54) is 0 Å². The topological polar surface area (TPSA) is 131 Å². The van der Waals surface area contributed by atoms with Crippen LogP contribution in [0.3, 0.4) is 0 Å². The molecule has 0 radical (unpaired) electrons. The number of unbranched alkanes of at least 4 members (excludes halogenated alkanes) is 1. The van der Waals surface area contributed by atoms with Gasteiger partial charge in [-0.3, -0.25) is 4.55 Å². The molecular formula is C15H30N2O7S. The van der Waals surface area contributed by atoms with Gasteiger partial charge in [-0.1, -0.05) is 13.3 Å². The van der Waals surface area contributed by atoms with Gasteiger partial charge in [-0.2, -0.15) is 8.42 Å². The molecule has 0 heterocycles. The summed E-state index contributed by atoms with van der Waals surface area (Å²) in [6.07, 6.45) is 0.750. The monoisotopic (exact) mass is 382 g/mol. The third kappa shape index (κ3) is 13.4. The van der Waals surface area contributed by atoms with Crippen molar-refractivity contribution in [3.05, 3.63) is 0 Å². The minimum absolute atomic E-state index is 0.347. The summed E-state index contributed by atoms with van der Waals surface area (Å²) in [6, 6.07) is 0. The van der Waals surface area contributed by atoms with E-state index in [1.807, 2.05) is 6.92 Å². The van der Waals surface area contributed by atoms with Gasteiger partial charge in [-0.25, -0.2) is 9.59 Å². The summed E-state index contributed by atoms with van der Waals surface area (Å²) in [5.41, 5.74) is -1.40. The summed E-state index contributed by atoms with van der Waals surface area (Å²) in [7, 11) is -4.18. The number of carbonyl (C=O) groups excluding carboxylic acids is 2. The fraction of sp³-hybridized carbons (Fsp3) is 0.867. The molecule has 148 valence electrons. The maximum Gasteiger partial charge on any atom is 0.407 e. The van der Waals surface area contributed by atoms with E-state index in [2.05, 4.69) is 10.6 Å². The lowest BCUT2D eigenvalue weighted by Gasteiger charge is -2.35. The van der Waals surface area contributed by atoms with Crippen LogP contribution in [-0.4, -0.2) is 55.2 Å². The number of nitrogens with one attached hydrogen (secondary N) is 2. The number of hydrogen-bond donors (Lipinski definition) is 3. The van der Waals surface area contributed by atoms with Crippen LogP contribution in [0.2, 0.25) is 0 Å². The average molecular weight is 382 g/mol. The summed E-state index contributed by atoms with van der Waals surface area (Å²) in [6.45, 7) is 8.95.